The van der Waals surface area contributed by atoms with Gasteiger partial charge in [0.2, 0.25) is 0 Å². The lowest BCUT2D eigenvalue weighted by Gasteiger charge is -2.22. The van der Waals surface area contributed by atoms with E-state index in [2.05, 4.69) is 97.3 Å². The van der Waals surface area contributed by atoms with Crippen LogP contribution in [0.2, 0.25) is 0 Å². The van der Waals surface area contributed by atoms with E-state index in [1.54, 1.807) is 6.07 Å². The van der Waals surface area contributed by atoms with Crippen LogP contribution in [-0.2, 0) is 6.18 Å². The molecule has 0 saturated heterocycles. The van der Waals surface area contributed by atoms with Crippen LogP contribution in [0.3, 0.4) is 0 Å². The number of alkyl halides is 3. The van der Waals surface area contributed by atoms with Crippen LogP contribution >= 0.6 is 0 Å². The average molecular weight is 798 g/mol. The molecular formula is C55H38F3N3. The molecule has 2 heterocycles. The third-order valence-electron chi connectivity index (χ3n) is 11.3. The van der Waals surface area contributed by atoms with E-state index in [1.165, 1.54) is 17.7 Å². The molecule has 0 aliphatic heterocycles. The van der Waals surface area contributed by atoms with E-state index < -0.39 is 11.7 Å². The Morgan fingerprint density at radius 1 is 0.393 bits per heavy atom. The van der Waals surface area contributed by atoms with Crippen molar-refractivity contribution in [2.45, 2.75) is 20.0 Å². The summed E-state index contributed by atoms with van der Waals surface area (Å²) in [5.41, 5.74) is 13.1. The summed E-state index contributed by atoms with van der Waals surface area (Å²) in [6.45, 7) is 4.13. The summed E-state index contributed by atoms with van der Waals surface area (Å²) < 4.78 is 46.0. The SMILES string of the molecule is Cc1ccc(-c2ccc3c(c2)c2ccccc2n3-c2c(-c3cccc(C)c3)cc(-c3cc(-c4ccccc4)nc(-c4ccccc4)n3)cc2-c2cccc(C(F)(F)F)c2)cc1. The van der Waals surface area contributed by atoms with Gasteiger partial charge in [0.05, 0.1) is 33.7 Å². The number of benzene rings is 8. The van der Waals surface area contributed by atoms with Gasteiger partial charge in [-0.05, 0) is 84.6 Å². The first kappa shape index (κ1) is 37.7. The number of para-hydroxylation sites is 1. The summed E-state index contributed by atoms with van der Waals surface area (Å²) in [6.07, 6.45) is -4.55. The Bertz CT molecular complexity index is 3180. The van der Waals surface area contributed by atoms with E-state index in [0.717, 1.165) is 83.8 Å². The zero-order valence-electron chi connectivity index (χ0n) is 33.5. The van der Waals surface area contributed by atoms with Gasteiger partial charge in [-0.1, -0.05) is 157 Å². The van der Waals surface area contributed by atoms with Crippen LogP contribution < -0.4 is 0 Å². The second-order valence-electron chi connectivity index (χ2n) is 15.5. The van der Waals surface area contributed by atoms with Crippen molar-refractivity contribution in [2.24, 2.45) is 0 Å². The Balaban J connectivity index is 1.32. The molecule has 0 aliphatic rings. The molecule has 294 valence electrons. The summed E-state index contributed by atoms with van der Waals surface area (Å²) in [4.78, 5) is 10.2. The maximum Gasteiger partial charge on any atom is 0.416 e. The minimum Gasteiger partial charge on any atom is -0.308 e. The van der Waals surface area contributed by atoms with Gasteiger partial charge in [0, 0.05) is 38.6 Å². The number of fused-ring (bicyclic) bond motifs is 3. The normalized spacial score (nSPS) is 11.7. The summed E-state index contributed by atoms with van der Waals surface area (Å²) in [6, 6.07) is 63.1. The quantitative estimate of drug-likeness (QED) is 0.161. The Hall–Kier alpha value is -7.57. The fourth-order valence-electron chi connectivity index (χ4n) is 8.35. The minimum atomic E-state index is -4.55. The molecule has 0 fully saturated rings. The summed E-state index contributed by atoms with van der Waals surface area (Å²) in [7, 11) is 0. The van der Waals surface area contributed by atoms with E-state index in [4.69, 9.17) is 9.97 Å². The topological polar surface area (TPSA) is 30.7 Å². The van der Waals surface area contributed by atoms with Crippen molar-refractivity contribution in [1.82, 2.24) is 14.5 Å². The Morgan fingerprint density at radius 3 is 1.66 bits per heavy atom. The van der Waals surface area contributed by atoms with Gasteiger partial charge < -0.3 is 4.57 Å². The third-order valence-corrected chi connectivity index (χ3v) is 11.3. The Labute approximate surface area is 352 Å². The van der Waals surface area contributed by atoms with Crippen LogP contribution in [0.5, 0.6) is 0 Å². The van der Waals surface area contributed by atoms with Crippen LogP contribution in [0.25, 0.3) is 94.8 Å². The van der Waals surface area contributed by atoms with E-state index in [-0.39, 0.29) is 0 Å². The zero-order chi connectivity index (χ0) is 41.7. The van der Waals surface area contributed by atoms with Crippen LogP contribution in [0.15, 0.2) is 194 Å². The first-order chi connectivity index (χ1) is 29.7. The van der Waals surface area contributed by atoms with Crippen LogP contribution in [0.4, 0.5) is 13.2 Å². The molecule has 0 spiro atoms. The minimum absolute atomic E-state index is 0.434. The number of hydrogen-bond acceptors (Lipinski definition) is 2. The number of rotatable bonds is 7. The predicted octanol–water partition coefficient (Wildman–Crippen LogP) is 15.2. The molecule has 6 heteroatoms. The monoisotopic (exact) mass is 797 g/mol. The maximum atomic E-state index is 14.6. The van der Waals surface area contributed by atoms with Gasteiger partial charge >= 0.3 is 6.18 Å². The molecule has 2 aromatic heterocycles. The predicted molar refractivity (Wildman–Crippen MR) is 243 cm³/mol. The number of aromatic nitrogens is 3. The summed E-state index contributed by atoms with van der Waals surface area (Å²) >= 11 is 0. The number of nitrogens with zero attached hydrogens (tertiary/aromatic N) is 3. The molecule has 8 aromatic carbocycles. The van der Waals surface area contributed by atoms with Crippen molar-refractivity contribution >= 4 is 21.8 Å². The smallest absolute Gasteiger partial charge is 0.308 e. The van der Waals surface area contributed by atoms with Crippen molar-refractivity contribution in [1.29, 1.82) is 0 Å². The van der Waals surface area contributed by atoms with Crippen molar-refractivity contribution in [2.75, 3.05) is 0 Å². The fraction of sp³-hybridized carbons (Fsp3) is 0.0545. The molecule has 0 N–H and O–H groups in total. The van der Waals surface area contributed by atoms with E-state index in [0.29, 0.717) is 22.6 Å². The van der Waals surface area contributed by atoms with Crippen LogP contribution in [0, 0.1) is 13.8 Å². The largest absolute Gasteiger partial charge is 0.416 e. The molecule has 0 bridgehead atoms. The van der Waals surface area contributed by atoms with E-state index in [1.807, 2.05) is 91.0 Å². The van der Waals surface area contributed by atoms with Crippen molar-refractivity contribution in [3.63, 3.8) is 0 Å². The molecule has 0 amide bonds. The molecule has 3 nitrogen and oxygen atoms in total. The molecule has 10 rings (SSSR count). The molecule has 61 heavy (non-hydrogen) atoms. The Morgan fingerprint density at radius 2 is 0.967 bits per heavy atom. The van der Waals surface area contributed by atoms with Gasteiger partial charge in [-0.3, -0.25) is 0 Å². The highest BCUT2D eigenvalue weighted by atomic mass is 19.4. The number of aryl methyl sites for hydroxylation is 2. The molecular weight excluding hydrogens is 760 g/mol. The van der Waals surface area contributed by atoms with Crippen molar-refractivity contribution < 1.29 is 13.2 Å². The van der Waals surface area contributed by atoms with E-state index in [9.17, 15) is 13.2 Å². The van der Waals surface area contributed by atoms with Crippen LogP contribution in [-0.4, -0.2) is 14.5 Å². The molecule has 0 unspecified atom stereocenters. The first-order valence-corrected chi connectivity index (χ1v) is 20.2. The maximum absolute atomic E-state index is 14.6. The van der Waals surface area contributed by atoms with Crippen molar-refractivity contribution in [3.8, 4) is 73.0 Å². The molecule has 0 atom stereocenters. The number of hydrogen-bond donors (Lipinski definition) is 0. The lowest BCUT2D eigenvalue weighted by Crippen LogP contribution is -2.06. The standard InChI is InChI=1S/C55H38F3N3/c1-35-23-25-37(26-24-35)40-27-28-52-48(31-40)45-21-9-10-22-51(45)61(52)53-46(41-18-11-13-36(2)29-41)32-43(33-47(53)42-19-12-20-44(30-42)55(56,57)58)50-34-49(38-14-5-3-6-15-38)59-54(60-50)39-16-7-4-8-17-39/h3-34H,1-2H3. The molecule has 10 aromatic rings. The number of halogens is 3. The fourth-order valence-corrected chi connectivity index (χ4v) is 8.35. The van der Waals surface area contributed by atoms with E-state index >= 15 is 0 Å². The van der Waals surface area contributed by atoms with Gasteiger partial charge in [0.15, 0.2) is 5.82 Å². The lowest BCUT2D eigenvalue weighted by atomic mass is 9.90. The van der Waals surface area contributed by atoms with Gasteiger partial charge in [0.1, 0.15) is 0 Å². The second-order valence-corrected chi connectivity index (χ2v) is 15.5. The second kappa shape index (κ2) is 15.2. The molecule has 0 aliphatic carbocycles. The molecule has 0 saturated carbocycles. The van der Waals surface area contributed by atoms with Gasteiger partial charge in [0.25, 0.3) is 0 Å². The van der Waals surface area contributed by atoms with Crippen LogP contribution in [0.1, 0.15) is 16.7 Å². The average Bonchev–Trinajstić information content (AvgIpc) is 3.62. The zero-order valence-corrected chi connectivity index (χ0v) is 33.5. The van der Waals surface area contributed by atoms with Crippen molar-refractivity contribution in [3.05, 3.63) is 211 Å². The highest BCUT2D eigenvalue weighted by Gasteiger charge is 2.31. The van der Waals surface area contributed by atoms with Gasteiger partial charge in [-0.25, -0.2) is 9.97 Å². The highest BCUT2D eigenvalue weighted by Crippen LogP contribution is 2.45. The summed E-state index contributed by atoms with van der Waals surface area (Å²) in [5, 5.41) is 2.08. The molecule has 0 radical (unpaired) electrons. The Kier molecular flexibility index (Phi) is 9.41. The van der Waals surface area contributed by atoms with Gasteiger partial charge in [-0.2, -0.15) is 13.2 Å². The first-order valence-electron chi connectivity index (χ1n) is 20.2. The highest BCUT2D eigenvalue weighted by molar-refractivity contribution is 6.12. The lowest BCUT2D eigenvalue weighted by molar-refractivity contribution is -0.137. The third kappa shape index (κ3) is 7.16. The van der Waals surface area contributed by atoms with Gasteiger partial charge in [-0.15, -0.1) is 0 Å². The summed E-state index contributed by atoms with van der Waals surface area (Å²) in [5.74, 6) is 0.547.